The number of rotatable bonds is 3. The molecule has 0 amide bonds. The number of thiophene rings is 1. The summed E-state index contributed by atoms with van der Waals surface area (Å²) in [5.74, 6) is 0. The molecule has 3 aromatic heterocycles. The molecule has 3 heterocycles. The lowest BCUT2D eigenvalue weighted by atomic mass is 9.96. The van der Waals surface area contributed by atoms with Crippen LogP contribution in [0.25, 0.3) is 5.00 Å². The first kappa shape index (κ1) is 15.8. The van der Waals surface area contributed by atoms with E-state index in [0.717, 1.165) is 40.4 Å². The second kappa shape index (κ2) is 6.30. The highest BCUT2D eigenvalue weighted by atomic mass is 32.1. The molecule has 0 aromatic carbocycles. The molecular weight excluding hydrogens is 332 g/mol. The van der Waals surface area contributed by atoms with Crippen molar-refractivity contribution in [1.82, 2.24) is 19.4 Å². The van der Waals surface area contributed by atoms with Crippen molar-refractivity contribution in [3.63, 3.8) is 0 Å². The SMILES string of the molecule is Cc1cc(C=Nn2cnnc2)c(C)n1-c1sc2c(c1C#N)CCCC2. The van der Waals surface area contributed by atoms with E-state index < -0.39 is 0 Å². The van der Waals surface area contributed by atoms with Crippen LogP contribution in [0, 0.1) is 25.2 Å². The predicted octanol–water partition coefficient (Wildman–Crippen LogP) is 3.38. The molecule has 0 saturated carbocycles. The Hall–Kier alpha value is -2.72. The number of hydrogen-bond acceptors (Lipinski definition) is 5. The molecule has 1 aliphatic rings. The Morgan fingerprint density at radius 2 is 2.00 bits per heavy atom. The van der Waals surface area contributed by atoms with E-state index in [1.165, 1.54) is 23.3 Å². The summed E-state index contributed by atoms with van der Waals surface area (Å²) in [6, 6.07) is 4.56. The predicted molar refractivity (Wildman–Crippen MR) is 97.5 cm³/mol. The maximum Gasteiger partial charge on any atom is 0.141 e. The van der Waals surface area contributed by atoms with Crippen LogP contribution in [0.1, 0.15) is 45.8 Å². The molecule has 0 N–H and O–H groups in total. The highest BCUT2D eigenvalue weighted by molar-refractivity contribution is 7.15. The summed E-state index contributed by atoms with van der Waals surface area (Å²) in [5.41, 5.74) is 5.34. The van der Waals surface area contributed by atoms with Crippen LogP contribution in [0.15, 0.2) is 23.8 Å². The van der Waals surface area contributed by atoms with Crippen molar-refractivity contribution in [2.45, 2.75) is 39.5 Å². The van der Waals surface area contributed by atoms with Crippen LogP contribution in [0.3, 0.4) is 0 Å². The first-order valence-corrected chi connectivity index (χ1v) is 9.13. The molecule has 3 aromatic rings. The van der Waals surface area contributed by atoms with Gasteiger partial charge in [0.05, 0.1) is 11.8 Å². The number of fused-ring (bicyclic) bond motifs is 1. The summed E-state index contributed by atoms with van der Waals surface area (Å²) in [6.45, 7) is 4.14. The van der Waals surface area contributed by atoms with Gasteiger partial charge in [0.25, 0.3) is 0 Å². The van der Waals surface area contributed by atoms with E-state index in [1.807, 2.05) is 6.21 Å². The summed E-state index contributed by atoms with van der Waals surface area (Å²) in [7, 11) is 0. The van der Waals surface area contributed by atoms with E-state index in [0.29, 0.717) is 0 Å². The van der Waals surface area contributed by atoms with Gasteiger partial charge in [-0.15, -0.1) is 21.5 Å². The minimum atomic E-state index is 0.851. The fraction of sp³-hybridized carbons (Fsp3) is 0.333. The number of aromatic nitrogens is 4. The summed E-state index contributed by atoms with van der Waals surface area (Å²) >= 11 is 1.77. The Balaban J connectivity index is 1.79. The van der Waals surface area contributed by atoms with Crippen molar-refractivity contribution in [3.05, 3.63) is 51.7 Å². The third-order valence-corrected chi connectivity index (χ3v) is 5.95. The van der Waals surface area contributed by atoms with E-state index in [2.05, 4.69) is 45.8 Å². The Labute approximate surface area is 150 Å². The number of nitrogens with zero attached hydrogens (tertiary/aromatic N) is 6. The number of aryl methyl sites for hydroxylation is 2. The Kier molecular flexibility index (Phi) is 3.98. The Morgan fingerprint density at radius 1 is 1.24 bits per heavy atom. The van der Waals surface area contributed by atoms with Gasteiger partial charge >= 0.3 is 0 Å². The fourth-order valence-corrected chi connectivity index (χ4v) is 4.89. The van der Waals surface area contributed by atoms with E-state index >= 15 is 0 Å². The van der Waals surface area contributed by atoms with Gasteiger partial charge in [-0.3, -0.25) is 0 Å². The molecular formula is C18H18N6S. The monoisotopic (exact) mass is 350 g/mol. The molecule has 0 fully saturated rings. The molecule has 0 bridgehead atoms. The fourth-order valence-electron chi connectivity index (χ4n) is 3.44. The Morgan fingerprint density at radius 3 is 2.76 bits per heavy atom. The van der Waals surface area contributed by atoms with Crippen LogP contribution >= 0.6 is 11.3 Å². The van der Waals surface area contributed by atoms with E-state index in [9.17, 15) is 5.26 Å². The van der Waals surface area contributed by atoms with Crippen molar-refractivity contribution in [2.24, 2.45) is 5.10 Å². The van der Waals surface area contributed by atoms with Crippen molar-refractivity contribution in [2.75, 3.05) is 0 Å². The minimum Gasteiger partial charge on any atom is -0.308 e. The number of hydrogen-bond donors (Lipinski definition) is 0. The second-order valence-corrected chi connectivity index (χ2v) is 7.33. The molecule has 0 aliphatic heterocycles. The van der Waals surface area contributed by atoms with Gasteiger partial charge in [0.15, 0.2) is 0 Å². The van der Waals surface area contributed by atoms with Gasteiger partial charge in [-0.1, -0.05) is 0 Å². The van der Waals surface area contributed by atoms with Gasteiger partial charge in [0, 0.05) is 21.8 Å². The summed E-state index contributed by atoms with van der Waals surface area (Å²) in [6.07, 6.45) is 9.43. The zero-order chi connectivity index (χ0) is 17.4. The lowest BCUT2D eigenvalue weighted by Crippen LogP contribution is -2.02. The van der Waals surface area contributed by atoms with Gasteiger partial charge in [-0.25, -0.2) is 4.68 Å². The van der Waals surface area contributed by atoms with E-state index in [-0.39, 0.29) is 0 Å². The Bertz CT molecular complexity index is 984. The average molecular weight is 350 g/mol. The van der Waals surface area contributed by atoms with E-state index in [1.54, 1.807) is 28.7 Å². The van der Waals surface area contributed by atoms with Crippen LogP contribution < -0.4 is 0 Å². The molecule has 0 saturated heterocycles. The lowest BCUT2D eigenvalue weighted by Gasteiger charge is -2.10. The standard InChI is InChI=1S/C18H18N6S/c1-12-7-14(9-22-23-10-20-21-11-23)13(2)24(12)18-16(8-19)15-5-3-4-6-17(15)25-18/h7,9-11H,3-6H2,1-2H3. The van der Waals surface area contributed by atoms with Crippen LogP contribution in [0.5, 0.6) is 0 Å². The zero-order valence-corrected chi connectivity index (χ0v) is 15.0. The van der Waals surface area contributed by atoms with Gasteiger partial charge in [0.1, 0.15) is 23.7 Å². The topological polar surface area (TPSA) is 71.8 Å². The maximum absolute atomic E-state index is 9.74. The van der Waals surface area contributed by atoms with Gasteiger partial charge in [0.2, 0.25) is 0 Å². The quantitative estimate of drug-likeness (QED) is 0.680. The smallest absolute Gasteiger partial charge is 0.141 e. The van der Waals surface area contributed by atoms with Crippen molar-refractivity contribution >= 4 is 17.6 Å². The lowest BCUT2D eigenvalue weighted by molar-refractivity contribution is 0.695. The molecule has 1 aliphatic carbocycles. The summed E-state index contributed by atoms with van der Waals surface area (Å²) in [4.78, 5) is 1.38. The number of nitriles is 1. The third kappa shape index (κ3) is 2.68. The van der Waals surface area contributed by atoms with E-state index in [4.69, 9.17) is 0 Å². The average Bonchev–Trinajstić information content (AvgIpc) is 3.31. The molecule has 7 heteroatoms. The highest BCUT2D eigenvalue weighted by Gasteiger charge is 2.23. The van der Waals surface area contributed by atoms with Gasteiger partial charge in [-0.05, 0) is 51.2 Å². The van der Waals surface area contributed by atoms with Gasteiger partial charge < -0.3 is 4.57 Å². The van der Waals surface area contributed by atoms with Crippen LogP contribution in [0.4, 0.5) is 0 Å². The third-order valence-electron chi connectivity index (χ3n) is 4.67. The largest absolute Gasteiger partial charge is 0.308 e. The first-order chi connectivity index (χ1) is 12.2. The van der Waals surface area contributed by atoms with Crippen LogP contribution in [0.2, 0.25) is 0 Å². The molecule has 126 valence electrons. The molecule has 0 unspecified atom stereocenters. The molecule has 0 radical (unpaired) electrons. The van der Waals surface area contributed by atoms with Crippen molar-refractivity contribution < 1.29 is 0 Å². The van der Waals surface area contributed by atoms with Crippen LogP contribution in [-0.2, 0) is 12.8 Å². The highest BCUT2D eigenvalue weighted by Crippen LogP contribution is 2.38. The maximum atomic E-state index is 9.74. The zero-order valence-electron chi connectivity index (χ0n) is 14.2. The first-order valence-electron chi connectivity index (χ1n) is 8.32. The normalized spacial score (nSPS) is 14.0. The van der Waals surface area contributed by atoms with Crippen molar-refractivity contribution in [3.8, 4) is 11.1 Å². The summed E-state index contributed by atoms with van der Waals surface area (Å²) < 4.78 is 3.76. The molecule has 0 spiro atoms. The molecule has 4 rings (SSSR count). The van der Waals surface area contributed by atoms with Crippen LogP contribution in [-0.4, -0.2) is 25.7 Å². The van der Waals surface area contributed by atoms with Crippen molar-refractivity contribution in [1.29, 1.82) is 5.26 Å². The molecule has 0 atom stereocenters. The second-order valence-electron chi connectivity index (χ2n) is 6.25. The van der Waals surface area contributed by atoms with Gasteiger partial charge in [-0.2, -0.15) is 10.4 Å². The summed E-state index contributed by atoms with van der Waals surface area (Å²) in [5, 5.41) is 22.6. The minimum absolute atomic E-state index is 0.851. The molecule has 25 heavy (non-hydrogen) atoms. The molecule has 6 nitrogen and oxygen atoms in total.